The molecule has 2 aromatic carbocycles. The number of ether oxygens (including phenoxy) is 1. The number of rotatable bonds is 4. The third-order valence-electron chi connectivity index (χ3n) is 4.67. The average molecular weight is 351 g/mol. The lowest BCUT2D eigenvalue weighted by molar-refractivity contribution is 0.0618. The van der Waals surface area contributed by atoms with Gasteiger partial charge in [0.2, 0.25) is 5.89 Å². The molecule has 1 amide bonds. The van der Waals surface area contributed by atoms with Crippen LogP contribution in [0.1, 0.15) is 16.2 Å². The minimum Gasteiger partial charge on any atom is -0.497 e. The van der Waals surface area contributed by atoms with Crippen LogP contribution >= 0.6 is 0 Å². The van der Waals surface area contributed by atoms with Gasteiger partial charge in [-0.25, -0.2) is 4.98 Å². The lowest BCUT2D eigenvalue weighted by Gasteiger charge is -2.34. The Kier molecular flexibility index (Phi) is 4.58. The summed E-state index contributed by atoms with van der Waals surface area (Å²) in [4.78, 5) is 21.3. The summed E-state index contributed by atoms with van der Waals surface area (Å²) in [5.74, 6) is 1.47. The Balaban J connectivity index is 1.36. The minimum atomic E-state index is 0.0467. The summed E-state index contributed by atoms with van der Waals surface area (Å²) >= 11 is 0. The number of hydrogen-bond donors (Lipinski definition) is 0. The molecule has 0 spiro atoms. The highest BCUT2D eigenvalue weighted by molar-refractivity contribution is 5.94. The van der Waals surface area contributed by atoms with Gasteiger partial charge < -0.3 is 14.1 Å². The van der Waals surface area contributed by atoms with Crippen molar-refractivity contribution in [1.82, 2.24) is 14.8 Å². The molecule has 0 aliphatic carbocycles. The molecule has 1 aromatic heterocycles. The maximum absolute atomic E-state index is 12.7. The van der Waals surface area contributed by atoms with E-state index in [9.17, 15) is 4.79 Å². The Morgan fingerprint density at radius 3 is 2.69 bits per heavy atom. The Morgan fingerprint density at radius 2 is 1.92 bits per heavy atom. The molecule has 0 bridgehead atoms. The minimum absolute atomic E-state index is 0.0467. The summed E-state index contributed by atoms with van der Waals surface area (Å²) < 4.78 is 11.0. The first-order chi connectivity index (χ1) is 12.7. The standard InChI is InChI=1S/C20H21N3O3/c1-25-16-6-4-5-15(13-16)20(24)23-11-9-22(10-12-23)14-19-21-17-7-2-3-8-18(17)26-19/h2-8,13H,9-12,14H2,1H3. The number of amides is 1. The van der Waals surface area contributed by atoms with Crippen molar-refractivity contribution in [2.45, 2.75) is 6.54 Å². The molecule has 6 heteroatoms. The molecule has 1 aliphatic heterocycles. The van der Waals surface area contributed by atoms with Crippen molar-refractivity contribution in [3.05, 3.63) is 60.0 Å². The third kappa shape index (κ3) is 3.41. The van der Waals surface area contributed by atoms with Gasteiger partial charge in [0, 0.05) is 31.7 Å². The smallest absolute Gasteiger partial charge is 0.254 e. The Bertz CT molecular complexity index is 880. The molecule has 2 heterocycles. The van der Waals surface area contributed by atoms with Gasteiger partial charge in [0.05, 0.1) is 13.7 Å². The second-order valence-corrected chi connectivity index (χ2v) is 6.38. The summed E-state index contributed by atoms with van der Waals surface area (Å²) in [6, 6.07) is 15.1. The predicted octanol–water partition coefficient (Wildman–Crippen LogP) is 2.79. The van der Waals surface area contributed by atoms with Gasteiger partial charge in [0.1, 0.15) is 11.3 Å². The van der Waals surface area contributed by atoms with Crippen molar-refractivity contribution < 1.29 is 13.9 Å². The molecule has 1 saturated heterocycles. The van der Waals surface area contributed by atoms with E-state index in [1.54, 1.807) is 13.2 Å². The van der Waals surface area contributed by atoms with Gasteiger partial charge in [-0.1, -0.05) is 18.2 Å². The first-order valence-electron chi connectivity index (χ1n) is 8.73. The number of hydrogen-bond acceptors (Lipinski definition) is 5. The molecule has 0 radical (unpaired) electrons. The highest BCUT2D eigenvalue weighted by Gasteiger charge is 2.23. The number of benzene rings is 2. The summed E-state index contributed by atoms with van der Waals surface area (Å²) in [5.41, 5.74) is 2.36. The number of methoxy groups -OCH3 is 1. The van der Waals surface area contributed by atoms with Crippen LogP contribution in [-0.4, -0.2) is 54.0 Å². The fraction of sp³-hybridized carbons (Fsp3) is 0.300. The molecular weight excluding hydrogens is 330 g/mol. The lowest BCUT2D eigenvalue weighted by atomic mass is 10.1. The van der Waals surface area contributed by atoms with Gasteiger partial charge in [-0.3, -0.25) is 9.69 Å². The van der Waals surface area contributed by atoms with Crippen LogP contribution in [0.25, 0.3) is 11.1 Å². The molecule has 6 nitrogen and oxygen atoms in total. The maximum Gasteiger partial charge on any atom is 0.254 e. The molecule has 3 aromatic rings. The van der Waals surface area contributed by atoms with Crippen molar-refractivity contribution in [2.75, 3.05) is 33.3 Å². The summed E-state index contributed by atoms with van der Waals surface area (Å²) in [5, 5.41) is 0. The first-order valence-corrected chi connectivity index (χ1v) is 8.73. The highest BCUT2D eigenvalue weighted by Crippen LogP contribution is 2.18. The number of fused-ring (bicyclic) bond motifs is 1. The van der Waals surface area contributed by atoms with E-state index in [-0.39, 0.29) is 5.91 Å². The second kappa shape index (κ2) is 7.17. The van der Waals surface area contributed by atoms with Crippen LogP contribution in [0.2, 0.25) is 0 Å². The van der Waals surface area contributed by atoms with Crippen LogP contribution in [0, 0.1) is 0 Å². The number of aromatic nitrogens is 1. The van der Waals surface area contributed by atoms with Crippen LogP contribution in [0.4, 0.5) is 0 Å². The zero-order valence-electron chi connectivity index (χ0n) is 14.7. The molecule has 26 heavy (non-hydrogen) atoms. The summed E-state index contributed by atoms with van der Waals surface area (Å²) in [7, 11) is 1.61. The van der Waals surface area contributed by atoms with E-state index in [4.69, 9.17) is 9.15 Å². The largest absolute Gasteiger partial charge is 0.497 e. The highest BCUT2D eigenvalue weighted by atomic mass is 16.5. The Hall–Kier alpha value is -2.86. The molecular formula is C20H21N3O3. The van der Waals surface area contributed by atoms with Crippen molar-refractivity contribution in [3.63, 3.8) is 0 Å². The average Bonchev–Trinajstić information content (AvgIpc) is 3.10. The number of carbonyl (C=O) groups excluding carboxylic acids is 1. The van der Waals surface area contributed by atoms with Crippen molar-refractivity contribution in [2.24, 2.45) is 0 Å². The molecule has 1 fully saturated rings. The van der Waals surface area contributed by atoms with Gasteiger partial charge in [-0.05, 0) is 30.3 Å². The van der Waals surface area contributed by atoms with Gasteiger partial charge in [-0.2, -0.15) is 0 Å². The first kappa shape index (κ1) is 16.6. The fourth-order valence-electron chi connectivity index (χ4n) is 3.23. The topological polar surface area (TPSA) is 58.8 Å². The normalized spacial score (nSPS) is 15.3. The summed E-state index contributed by atoms with van der Waals surface area (Å²) in [6.07, 6.45) is 0. The maximum atomic E-state index is 12.7. The van der Waals surface area contributed by atoms with E-state index in [1.807, 2.05) is 47.4 Å². The molecule has 0 atom stereocenters. The Morgan fingerprint density at radius 1 is 1.12 bits per heavy atom. The lowest BCUT2D eigenvalue weighted by Crippen LogP contribution is -2.48. The second-order valence-electron chi connectivity index (χ2n) is 6.38. The van der Waals surface area contributed by atoms with Gasteiger partial charge >= 0.3 is 0 Å². The van der Waals surface area contributed by atoms with Crippen molar-refractivity contribution in [3.8, 4) is 5.75 Å². The quantitative estimate of drug-likeness (QED) is 0.723. The van der Waals surface area contributed by atoms with Gasteiger partial charge in [-0.15, -0.1) is 0 Å². The molecule has 4 rings (SSSR count). The van der Waals surface area contributed by atoms with E-state index in [1.165, 1.54) is 0 Å². The van der Waals surface area contributed by atoms with Crippen molar-refractivity contribution in [1.29, 1.82) is 0 Å². The fourth-order valence-corrected chi connectivity index (χ4v) is 3.23. The predicted molar refractivity (Wildman–Crippen MR) is 98.2 cm³/mol. The SMILES string of the molecule is COc1cccc(C(=O)N2CCN(Cc3nc4ccccc4o3)CC2)c1. The van der Waals surface area contributed by atoms with E-state index >= 15 is 0 Å². The number of carbonyl (C=O) groups is 1. The molecule has 0 saturated carbocycles. The summed E-state index contributed by atoms with van der Waals surface area (Å²) in [6.45, 7) is 3.64. The van der Waals surface area contributed by atoms with Crippen LogP contribution in [-0.2, 0) is 6.54 Å². The zero-order valence-corrected chi connectivity index (χ0v) is 14.7. The molecule has 0 N–H and O–H groups in total. The number of nitrogens with zero attached hydrogens (tertiary/aromatic N) is 3. The Labute approximate surface area is 152 Å². The van der Waals surface area contributed by atoms with E-state index in [0.29, 0.717) is 30.9 Å². The van der Waals surface area contributed by atoms with Crippen molar-refractivity contribution >= 4 is 17.0 Å². The molecule has 1 aliphatic rings. The zero-order chi connectivity index (χ0) is 17.9. The number of piperazine rings is 1. The van der Waals surface area contributed by atoms with Crippen LogP contribution in [0.3, 0.4) is 0 Å². The monoisotopic (exact) mass is 351 g/mol. The molecule has 0 unspecified atom stereocenters. The van der Waals surface area contributed by atoms with Crippen LogP contribution < -0.4 is 4.74 Å². The van der Waals surface area contributed by atoms with E-state index in [2.05, 4.69) is 9.88 Å². The number of oxazole rings is 1. The molecule has 134 valence electrons. The van der Waals surface area contributed by atoms with E-state index < -0.39 is 0 Å². The number of para-hydroxylation sites is 2. The van der Waals surface area contributed by atoms with E-state index in [0.717, 1.165) is 30.1 Å². The van der Waals surface area contributed by atoms with Gasteiger partial charge in [0.15, 0.2) is 5.58 Å². The van der Waals surface area contributed by atoms with Crippen LogP contribution in [0.5, 0.6) is 5.75 Å². The van der Waals surface area contributed by atoms with Gasteiger partial charge in [0.25, 0.3) is 5.91 Å². The van der Waals surface area contributed by atoms with Crippen LogP contribution in [0.15, 0.2) is 52.9 Å². The third-order valence-corrected chi connectivity index (χ3v) is 4.67.